The number of benzene rings is 1. The lowest BCUT2D eigenvalue weighted by Crippen LogP contribution is -1.88. The Morgan fingerprint density at radius 1 is 1.54 bits per heavy atom. The van der Waals surface area contributed by atoms with Gasteiger partial charge < -0.3 is 0 Å². The van der Waals surface area contributed by atoms with Gasteiger partial charge in [0.2, 0.25) is 0 Å². The first-order valence-electron chi connectivity index (χ1n) is 3.75. The number of aromatic nitrogens is 2. The van der Waals surface area contributed by atoms with Gasteiger partial charge in [-0.1, -0.05) is 17.7 Å². The van der Waals surface area contributed by atoms with Gasteiger partial charge in [0.05, 0.1) is 15.9 Å². The summed E-state index contributed by atoms with van der Waals surface area (Å²) < 4.78 is 1.65. The van der Waals surface area contributed by atoms with E-state index < -0.39 is 0 Å². The average molecular weight is 192 g/mol. The molecule has 0 N–H and O–H groups in total. The molecular formula is C9H6ClN3. The van der Waals surface area contributed by atoms with Gasteiger partial charge >= 0.3 is 0 Å². The first-order chi connectivity index (χ1) is 6.24. The van der Waals surface area contributed by atoms with E-state index in [1.54, 1.807) is 17.8 Å². The molecule has 0 atom stereocenters. The molecule has 0 amide bonds. The molecule has 4 heteroatoms. The quantitative estimate of drug-likeness (QED) is 0.640. The molecule has 3 nitrogen and oxygen atoms in total. The molecule has 0 radical (unpaired) electrons. The molecular weight excluding hydrogens is 186 g/mol. The third-order valence-corrected chi connectivity index (χ3v) is 2.25. The van der Waals surface area contributed by atoms with Gasteiger partial charge in [-0.15, -0.1) is 0 Å². The van der Waals surface area contributed by atoms with Crippen LogP contribution < -0.4 is 0 Å². The smallest absolute Gasteiger partial charge is 0.171 e. The first kappa shape index (κ1) is 8.09. The van der Waals surface area contributed by atoms with Crippen molar-refractivity contribution in [2.75, 3.05) is 0 Å². The lowest BCUT2D eigenvalue weighted by molar-refractivity contribution is 0.791. The predicted molar refractivity (Wildman–Crippen MR) is 50.4 cm³/mol. The van der Waals surface area contributed by atoms with Crippen molar-refractivity contribution in [3.05, 3.63) is 28.9 Å². The molecule has 64 valence electrons. The summed E-state index contributed by atoms with van der Waals surface area (Å²) >= 11 is 5.95. The lowest BCUT2D eigenvalue weighted by Gasteiger charge is -1.93. The Labute approximate surface area is 80.1 Å². The molecule has 13 heavy (non-hydrogen) atoms. The van der Waals surface area contributed by atoms with Gasteiger partial charge in [-0.25, -0.2) is 0 Å². The molecule has 2 rings (SSSR count). The Bertz CT molecular complexity index is 507. The van der Waals surface area contributed by atoms with Gasteiger partial charge in [0.15, 0.2) is 5.69 Å². The molecule has 0 fully saturated rings. The Balaban J connectivity index is 2.99. The number of hydrogen-bond donors (Lipinski definition) is 0. The summed E-state index contributed by atoms with van der Waals surface area (Å²) in [4.78, 5) is 0. The van der Waals surface area contributed by atoms with Gasteiger partial charge in [0.25, 0.3) is 0 Å². The van der Waals surface area contributed by atoms with Crippen LogP contribution in [0.4, 0.5) is 0 Å². The van der Waals surface area contributed by atoms with E-state index in [2.05, 4.69) is 5.10 Å². The van der Waals surface area contributed by atoms with Crippen LogP contribution in [-0.4, -0.2) is 9.78 Å². The van der Waals surface area contributed by atoms with Gasteiger partial charge in [0.1, 0.15) is 6.07 Å². The fourth-order valence-electron chi connectivity index (χ4n) is 1.35. The monoisotopic (exact) mass is 191 g/mol. The topological polar surface area (TPSA) is 41.6 Å². The fourth-order valence-corrected chi connectivity index (χ4v) is 1.61. The van der Waals surface area contributed by atoms with E-state index in [0.717, 1.165) is 10.9 Å². The van der Waals surface area contributed by atoms with Crippen LogP contribution in [0.25, 0.3) is 10.9 Å². The highest BCUT2D eigenvalue weighted by Gasteiger charge is 2.09. The van der Waals surface area contributed by atoms with Crippen molar-refractivity contribution in [1.82, 2.24) is 9.78 Å². The van der Waals surface area contributed by atoms with E-state index in [9.17, 15) is 0 Å². The summed E-state index contributed by atoms with van der Waals surface area (Å²) in [5, 5.41) is 14.1. The minimum absolute atomic E-state index is 0.378. The highest BCUT2D eigenvalue weighted by atomic mass is 35.5. The summed E-state index contributed by atoms with van der Waals surface area (Å²) in [6.07, 6.45) is 0. The van der Waals surface area contributed by atoms with E-state index >= 15 is 0 Å². The van der Waals surface area contributed by atoms with Crippen LogP contribution in [0.15, 0.2) is 18.2 Å². The Hall–Kier alpha value is -1.53. The van der Waals surface area contributed by atoms with E-state index in [1.165, 1.54) is 0 Å². The van der Waals surface area contributed by atoms with Crippen LogP contribution >= 0.6 is 11.6 Å². The molecule has 0 aliphatic rings. The number of hydrogen-bond acceptors (Lipinski definition) is 2. The van der Waals surface area contributed by atoms with Crippen molar-refractivity contribution < 1.29 is 0 Å². The van der Waals surface area contributed by atoms with Gasteiger partial charge in [0, 0.05) is 7.05 Å². The molecule has 1 heterocycles. The minimum atomic E-state index is 0.378. The maximum Gasteiger partial charge on any atom is 0.171 e. The zero-order chi connectivity index (χ0) is 9.42. The zero-order valence-corrected chi connectivity index (χ0v) is 7.71. The van der Waals surface area contributed by atoms with Crippen molar-refractivity contribution in [3.63, 3.8) is 0 Å². The average Bonchev–Trinajstić information content (AvgIpc) is 2.45. The maximum atomic E-state index is 8.79. The van der Waals surface area contributed by atoms with E-state index in [-0.39, 0.29) is 0 Å². The normalized spacial score (nSPS) is 10.2. The Morgan fingerprint density at radius 3 is 3.00 bits per heavy atom. The summed E-state index contributed by atoms with van der Waals surface area (Å²) in [6, 6.07) is 7.50. The van der Waals surface area contributed by atoms with Gasteiger partial charge in [-0.05, 0) is 12.1 Å². The first-order valence-corrected chi connectivity index (χ1v) is 4.13. The second kappa shape index (κ2) is 2.75. The number of aryl methyl sites for hydroxylation is 1. The molecule has 0 saturated heterocycles. The molecule has 0 saturated carbocycles. The van der Waals surface area contributed by atoms with E-state index in [4.69, 9.17) is 16.9 Å². The van der Waals surface area contributed by atoms with Gasteiger partial charge in [-0.2, -0.15) is 10.4 Å². The number of nitriles is 1. The van der Waals surface area contributed by atoms with Crippen molar-refractivity contribution in [2.24, 2.45) is 7.05 Å². The third kappa shape index (κ3) is 1.07. The van der Waals surface area contributed by atoms with Crippen molar-refractivity contribution in [3.8, 4) is 6.07 Å². The highest BCUT2D eigenvalue weighted by molar-refractivity contribution is 6.35. The van der Waals surface area contributed by atoms with Crippen molar-refractivity contribution in [1.29, 1.82) is 5.26 Å². The number of nitrogens with zero attached hydrogens (tertiary/aromatic N) is 3. The van der Waals surface area contributed by atoms with Crippen LogP contribution in [0.1, 0.15) is 5.69 Å². The molecule has 0 spiro atoms. The molecule has 0 unspecified atom stereocenters. The minimum Gasteiger partial charge on any atom is -0.267 e. The maximum absolute atomic E-state index is 8.79. The Morgan fingerprint density at radius 2 is 2.31 bits per heavy atom. The Kier molecular flexibility index (Phi) is 1.71. The van der Waals surface area contributed by atoms with E-state index in [0.29, 0.717) is 10.7 Å². The van der Waals surface area contributed by atoms with Crippen LogP contribution in [0, 0.1) is 11.3 Å². The summed E-state index contributed by atoms with van der Waals surface area (Å²) in [5.41, 5.74) is 1.26. The second-order valence-corrected chi connectivity index (χ2v) is 3.13. The van der Waals surface area contributed by atoms with E-state index in [1.807, 2.05) is 18.2 Å². The van der Waals surface area contributed by atoms with Crippen molar-refractivity contribution in [2.45, 2.75) is 0 Å². The van der Waals surface area contributed by atoms with Gasteiger partial charge in [-0.3, -0.25) is 4.68 Å². The number of fused-ring (bicyclic) bond motifs is 1. The lowest BCUT2D eigenvalue weighted by atomic mass is 10.2. The zero-order valence-electron chi connectivity index (χ0n) is 6.95. The summed E-state index contributed by atoms with van der Waals surface area (Å²) in [6.45, 7) is 0. The SMILES string of the molecule is Cn1nc(C#N)c2c(Cl)cccc21. The highest BCUT2D eigenvalue weighted by Crippen LogP contribution is 2.25. The van der Waals surface area contributed by atoms with Crippen LogP contribution in [0.3, 0.4) is 0 Å². The van der Waals surface area contributed by atoms with Crippen LogP contribution in [0.2, 0.25) is 5.02 Å². The third-order valence-electron chi connectivity index (χ3n) is 1.93. The van der Waals surface area contributed by atoms with Crippen LogP contribution in [0.5, 0.6) is 0 Å². The number of halogens is 1. The van der Waals surface area contributed by atoms with Crippen molar-refractivity contribution >= 4 is 22.5 Å². The molecule has 0 bridgehead atoms. The summed E-state index contributed by atoms with van der Waals surface area (Å²) in [5.74, 6) is 0. The molecule has 0 aliphatic heterocycles. The second-order valence-electron chi connectivity index (χ2n) is 2.72. The standard InChI is InChI=1S/C9H6ClN3/c1-13-8-4-2-3-6(10)9(8)7(5-11)12-13/h2-4H,1H3. The molecule has 1 aromatic heterocycles. The summed E-state index contributed by atoms with van der Waals surface area (Å²) in [7, 11) is 1.79. The molecule has 0 aliphatic carbocycles. The predicted octanol–water partition coefficient (Wildman–Crippen LogP) is 2.10. The molecule has 2 aromatic rings. The van der Waals surface area contributed by atoms with Crippen LogP contribution in [-0.2, 0) is 7.05 Å². The fraction of sp³-hybridized carbons (Fsp3) is 0.111. The number of rotatable bonds is 0. The largest absolute Gasteiger partial charge is 0.267 e. The molecule has 1 aromatic carbocycles.